The Morgan fingerprint density at radius 3 is 2.69 bits per heavy atom. The lowest BCUT2D eigenvalue weighted by molar-refractivity contribution is -0.119. The summed E-state index contributed by atoms with van der Waals surface area (Å²) >= 11 is 0. The number of carbonyl (C=O) groups excluding carboxylic acids is 2. The van der Waals surface area contributed by atoms with Gasteiger partial charge in [-0.25, -0.2) is 4.79 Å². The molecule has 0 radical (unpaired) electrons. The van der Waals surface area contributed by atoms with Crippen LogP contribution in [-0.2, 0) is 4.79 Å². The van der Waals surface area contributed by atoms with Gasteiger partial charge in [-0.3, -0.25) is 15.4 Å². The van der Waals surface area contributed by atoms with Crippen LogP contribution in [0.5, 0.6) is 0 Å². The van der Waals surface area contributed by atoms with Crippen molar-refractivity contribution in [2.45, 2.75) is 19.9 Å². The number of urea groups is 1. The van der Waals surface area contributed by atoms with E-state index in [1.807, 2.05) is 31.3 Å². The molecule has 1 unspecified atom stereocenters. The first-order valence-electron chi connectivity index (χ1n) is 4.88. The first-order chi connectivity index (χ1) is 7.49. The van der Waals surface area contributed by atoms with Gasteiger partial charge in [0, 0.05) is 0 Å². The number of aryl methyl sites for hydroxylation is 1. The Morgan fingerprint density at radius 2 is 2.19 bits per heavy atom. The van der Waals surface area contributed by atoms with E-state index in [2.05, 4.69) is 5.32 Å². The number of nitrogens with one attached hydrogen (secondary N) is 2. The Morgan fingerprint density at radius 1 is 1.50 bits per heavy atom. The average Bonchev–Trinajstić information content (AvgIpc) is 2.60. The highest BCUT2D eigenvalue weighted by atomic mass is 16.3. The quantitative estimate of drug-likeness (QED) is 0.692. The van der Waals surface area contributed by atoms with Crippen LogP contribution in [0.3, 0.4) is 0 Å². The van der Waals surface area contributed by atoms with Crippen LogP contribution >= 0.6 is 0 Å². The zero-order valence-electron chi connectivity index (χ0n) is 9.24. The van der Waals surface area contributed by atoms with Crippen molar-refractivity contribution in [2.75, 3.05) is 6.54 Å². The standard InChI is InChI=1S/C10H15N3O3/c1-6-3-4-8(16-6)7(2)12-5-9(14)13-10(11)15/h3-4,7,12H,5H2,1-2H3,(H3,11,13,14,15). The molecule has 3 amide bonds. The second kappa shape index (κ2) is 5.32. The molecule has 0 saturated heterocycles. The molecule has 1 atom stereocenters. The van der Waals surface area contributed by atoms with Crippen LogP contribution in [0.4, 0.5) is 4.79 Å². The van der Waals surface area contributed by atoms with E-state index >= 15 is 0 Å². The van der Waals surface area contributed by atoms with Crippen LogP contribution in [0, 0.1) is 6.92 Å². The largest absolute Gasteiger partial charge is 0.465 e. The molecule has 0 saturated carbocycles. The van der Waals surface area contributed by atoms with Gasteiger partial charge in [-0.2, -0.15) is 0 Å². The molecule has 6 heteroatoms. The van der Waals surface area contributed by atoms with Gasteiger partial charge in [0.15, 0.2) is 0 Å². The van der Waals surface area contributed by atoms with E-state index < -0.39 is 11.9 Å². The zero-order chi connectivity index (χ0) is 12.1. The van der Waals surface area contributed by atoms with Crippen LogP contribution in [0.15, 0.2) is 16.5 Å². The van der Waals surface area contributed by atoms with Crippen molar-refractivity contribution >= 4 is 11.9 Å². The molecule has 0 bridgehead atoms. The monoisotopic (exact) mass is 225 g/mol. The molecule has 0 aliphatic heterocycles. The molecule has 16 heavy (non-hydrogen) atoms. The maximum atomic E-state index is 11.1. The number of imide groups is 1. The lowest BCUT2D eigenvalue weighted by atomic mass is 10.2. The van der Waals surface area contributed by atoms with Gasteiger partial charge in [0.25, 0.3) is 0 Å². The Balaban J connectivity index is 2.38. The van der Waals surface area contributed by atoms with Crippen molar-refractivity contribution in [3.63, 3.8) is 0 Å². The number of primary amides is 1. The predicted octanol–water partition coefficient (Wildman–Crippen LogP) is 0.434. The van der Waals surface area contributed by atoms with Gasteiger partial charge in [-0.05, 0) is 26.0 Å². The summed E-state index contributed by atoms with van der Waals surface area (Å²) in [4.78, 5) is 21.5. The van der Waals surface area contributed by atoms with Gasteiger partial charge in [-0.15, -0.1) is 0 Å². The average molecular weight is 225 g/mol. The number of hydrogen-bond donors (Lipinski definition) is 3. The Labute approximate surface area is 93.2 Å². The highest BCUT2D eigenvalue weighted by Gasteiger charge is 2.11. The minimum Gasteiger partial charge on any atom is -0.465 e. The van der Waals surface area contributed by atoms with Crippen molar-refractivity contribution in [2.24, 2.45) is 5.73 Å². The smallest absolute Gasteiger partial charge is 0.318 e. The van der Waals surface area contributed by atoms with Crippen molar-refractivity contribution < 1.29 is 14.0 Å². The minimum absolute atomic E-state index is 0.00382. The minimum atomic E-state index is -0.853. The van der Waals surface area contributed by atoms with Gasteiger partial charge in [0.1, 0.15) is 11.5 Å². The maximum Gasteiger partial charge on any atom is 0.318 e. The predicted molar refractivity (Wildman–Crippen MR) is 57.6 cm³/mol. The van der Waals surface area contributed by atoms with Gasteiger partial charge >= 0.3 is 6.03 Å². The number of rotatable bonds is 4. The molecule has 1 rings (SSSR count). The number of nitrogens with two attached hydrogens (primary N) is 1. The fourth-order valence-electron chi connectivity index (χ4n) is 1.21. The summed E-state index contributed by atoms with van der Waals surface area (Å²) in [5.74, 6) is 1.08. The molecule has 0 aromatic carbocycles. The summed E-state index contributed by atoms with van der Waals surface area (Å²) in [6.45, 7) is 3.70. The van der Waals surface area contributed by atoms with Crippen molar-refractivity contribution in [1.82, 2.24) is 10.6 Å². The second-order valence-corrected chi connectivity index (χ2v) is 3.46. The van der Waals surface area contributed by atoms with E-state index in [-0.39, 0.29) is 12.6 Å². The molecule has 1 aromatic heterocycles. The second-order valence-electron chi connectivity index (χ2n) is 3.46. The van der Waals surface area contributed by atoms with E-state index in [1.54, 1.807) is 0 Å². The summed E-state index contributed by atoms with van der Waals surface area (Å²) < 4.78 is 5.37. The Kier molecular flexibility index (Phi) is 4.07. The molecule has 0 aliphatic carbocycles. The highest BCUT2D eigenvalue weighted by Crippen LogP contribution is 2.14. The van der Waals surface area contributed by atoms with Crippen LogP contribution in [-0.4, -0.2) is 18.5 Å². The van der Waals surface area contributed by atoms with Crippen LogP contribution in [0.2, 0.25) is 0 Å². The van der Waals surface area contributed by atoms with E-state index in [0.29, 0.717) is 0 Å². The van der Waals surface area contributed by atoms with Crippen LogP contribution in [0.25, 0.3) is 0 Å². The number of carbonyl (C=O) groups is 2. The summed E-state index contributed by atoms with van der Waals surface area (Å²) in [5.41, 5.74) is 4.80. The number of furan rings is 1. The van der Waals surface area contributed by atoms with Crippen molar-refractivity contribution in [3.8, 4) is 0 Å². The highest BCUT2D eigenvalue weighted by molar-refractivity contribution is 5.94. The normalized spacial score (nSPS) is 12.1. The van der Waals surface area contributed by atoms with Gasteiger partial charge in [0.05, 0.1) is 12.6 Å². The summed E-state index contributed by atoms with van der Waals surface area (Å²) in [6, 6.07) is 2.72. The number of hydrogen-bond acceptors (Lipinski definition) is 4. The first kappa shape index (κ1) is 12.3. The third-order valence-corrected chi connectivity index (χ3v) is 2.02. The third-order valence-electron chi connectivity index (χ3n) is 2.02. The topological polar surface area (TPSA) is 97.4 Å². The molecular formula is C10H15N3O3. The van der Waals surface area contributed by atoms with E-state index in [1.165, 1.54) is 0 Å². The van der Waals surface area contributed by atoms with Gasteiger partial charge < -0.3 is 10.2 Å². The molecule has 0 spiro atoms. The lowest BCUT2D eigenvalue weighted by Crippen LogP contribution is -2.41. The Hall–Kier alpha value is -1.82. The summed E-state index contributed by atoms with van der Waals surface area (Å²) in [6.07, 6.45) is 0. The molecule has 0 fully saturated rings. The molecular weight excluding hydrogens is 210 g/mol. The summed E-state index contributed by atoms with van der Waals surface area (Å²) in [7, 11) is 0. The van der Waals surface area contributed by atoms with Crippen molar-refractivity contribution in [1.29, 1.82) is 0 Å². The fourth-order valence-corrected chi connectivity index (χ4v) is 1.21. The summed E-state index contributed by atoms with van der Waals surface area (Å²) in [5, 5.41) is 4.87. The molecule has 0 aliphatic rings. The fraction of sp³-hybridized carbons (Fsp3) is 0.400. The van der Waals surface area contributed by atoms with Gasteiger partial charge in [0.2, 0.25) is 5.91 Å². The number of amides is 3. The molecule has 1 aromatic rings. The maximum absolute atomic E-state index is 11.1. The first-order valence-corrected chi connectivity index (χ1v) is 4.88. The molecule has 88 valence electrons. The zero-order valence-corrected chi connectivity index (χ0v) is 9.24. The van der Waals surface area contributed by atoms with E-state index in [9.17, 15) is 9.59 Å². The van der Waals surface area contributed by atoms with E-state index in [0.717, 1.165) is 11.5 Å². The third kappa shape index (κ3) is 3.74. The SMILES string of the molecule is Cc1ccc(C(C)NCC(=O)NC(N)=O)o1. The van der Waals surface area contributed by atoms with Crippen molar-refractivity contribution in [3.05, 3.63) is 23.7 Å². The lowest BCUT2D eigenvalue weighted by Gasteiger charge is -2.10. The molecule has 4 N–H and O–H groups in total. The van der Waals surface area contributed by atoms with Crippen LogP contribution in [0.1, 0.15) is 24.5 Å². The molecule has 1 heterocycles. The Bertz CT molecular complexity index is 386. The van der Waals surface area contributed by atoms with E-state index in [4.69, 9.17) is 10.2 Å². The molecule has 6 nitrogen and oxygen atoms in total. The van der Waals surface area contributed by atoms with Gasteiger partial charge in [-0.1, -0.05) is 0 Å². The van der Waals surface area contributed by atoms with Crippen LogP contribution < -0.4 is 16.4 Å².